The molecule has 2 heterocycles. The summed E-state index contributed by atoms with van der Waals surface area (Å²) >= 11 is 1.24. The van der Waals surface area contributed by atoms with Crippen LogP contribution in [0.4, 0.5) is 15.8 Å². The van der Waals surface area contributed by atoms with E-state index in [0.29, 0.717) is 39.1 Å². The van der Waals surface area contributed by atoms with Crippen LogP contribution in [0, 0.1) is 12.7 Å². The monoisotopic (exact) mass is 530 g/mol. The average Bonchev–Trinajstić information content (AvgIpc) is 3.41. The molecule has 1 saturated heterocycles. The predicted molar refractivity (Wildman–Crippen MR) is 148 cm³/mol. The minimum Gasteiger partial charge on any atom is -0.356 e. The van der Waals surface area contributed by atoms with Crippen LogP contribution in [-0.2, 0) is 16.1 Å². The molecule has 1 N–H and O–H groups in total. The number of aromatic nitrogens is 1. The number of amides is 2. The highest BCUT2D eigenvalue weighted by Gasteiger charge is 2.40. The summed E-state index contributed by atoms with van der Waals surface area (Å²) in [5, 5.41) is 7.22. The van der Waals surface area contributed by atoms with Crippen LogP contribution < -0.4 is 5.32 Å². The van der Waals surface area contributed by atoms with Crippen LogP contribution in [0.3, 0.4) is 0 Å². The van der Waals surface area contributed by atoms with Crippen LogP contribution in [0.25, 0.3) is 11.0 Å². The van der Waals surface area contributed by atoms with Gasteiger partial charge in [-0.15, -0.1) is 0 Å². The Balaban J connectivity index is 1.43. The molecule has 194 valence electrons. The zero-order chi connectivity index (χ0) is 26.8. The SMILES string of the molecule is Cc1ccc(NC(=O)CC2SC(=Nc3cccc(C(C)C)c3)N(Cc3noc4ccc(F)cc34)C2=O)cc1. The third-order valence-electron chi connectivity index (χ3n) is 6.30. The third-order valence-corrected chi connectivity index (χ3v) is 7.48. The van der Waals surface area contributed by atoms with Crippen molar-refractivity contribution in [2.75, 3.05) is 5.32 Å². The van der Waals surface area contributed by atoms with E-state index in [4.69, 9.17) is 9.52 Å². The number of carbonyl (C=O) groups excluding carboxylic acids is 2. The van der Waals surface area contributed by atoms with Crippen LogP contribution >= 0.6 is 11.8 Å². The zero-order valence-electron chi connectivity index (χ0n) is 21.3. The van der Waals surface area contributed by atoms with Gasteiger partial charge in [-0.25, -0.2) is 9.38 Å². The Hall–Kier alpha value is -3.98. The second-order valence-corrected chi connectivity index (χ2v) is 10.7. The van der Waals surface area contributed by atoms with Crippen molar-refractivity contribution in [2.24, 2.45) is 4.99 Å². The first-order valence-electron chi connectivity index (χ1n) is 12.3. The lowest BCUT2D eigenvalue weighted by Crippen LogP contribution is -2.33. The van der Waals surface area contributed by atoms with E-state index in [0.717, 1.165) is 11.1 Å². The van der Waals surface area contributed by atoms with Crippen molar-refractivity contribution in [1.29, 1.82) is 0 Å². The standard InChI is InChI=1S/C29H27FN4O3S/c1-17(2)19-5-4-6-22(13-19)32-29-34(16-24-23-14-20(30)9-12-25(23)37-33-24)28(36)26(38-29)15-27(35)31-21-10-7-18(3)8-11-21/h4-14,17,26H,15-16H2,1-3H3,(H,31,35). The number of aliphatic imine (C=N–C) groups is 1. The summed E-state index contributed by atoms with van der Waals surface area (Å²) in [5.41, 5.74) is 4.43. The maximum Gasteiger partial charge on any atom is 0.243 e. The number of aryl methyl sites for hydroxylation is 1. The topological polar surface area (TPSA) is 87.8 Å². The van der Waals surface area contributed by atoms with Gasteiger partial charge in [-0.3, -0.25) is 14.5 Å². The number of rotatable bonds is 7. The lowest BCUT2D eigenvalue weighted by Gasteiger charge is -2.15. The van der Waals surface area contributed by atoms with E-state index < -0.39 is 11.1 Å². The number of carbonyl (C=O) groups is 2. The number of thioether (sulfide) groups is 1. The molecule has 3 aromatic carbocycles. The Morgan fingerprint density at radius 3 is 2.71 bits per heavy atom. The molecule has 0 bridgehead atoms. The van der Waals surface area contributed by atoms with Crippen molar-refractivity contribution in [1.82, 2.24) is 10.1 Å². The molecule has 1 unspecified atom stereocenters. The number of benzene rings is 3. The van der Waals surface area contributed by atoms with Crippen molar-refractivity contribution in [3.8, 4) is 0 Å². The van der Waals surface area contributed by atoms with E-state index in [-0.39, 0.29) is 24.8 Å². The van der Waals surface area contributed by atoms with Gasteiger partial charge in [-0.05, 0) is 60.9 Å². The minimum atomic E-state index is -0.664. The van der Waals surface area contributed by atoms with Crippen molar-refractivity contribution >= 4 is 51.1 Å². The Labute approximate surface area is 224 Å². The highest BCUT2D eigenvalue weighted by Crippen LogP contribution is 2.34. The number of anilines is 1. The van der Waals surface area contributed by atoms with Crippen LogP contribution in [0.1, 0.15) is 43.0 Å². The van der Waals surface area contributed by atoms with Crippen LogP contribution in [0.5, 0.6) is 0 Å². The molecular weight excluding hydrogens is 503 g/mol. The lowest BCUT2D eigenvalue weighted by atomic mass is 10.0. The molecule has 38 heavy (non-hydrogen) atoms. The highest BCUT2D eigenvalue weighted by atomic mass is 32.2. The number of hydrogen-bond donors (Lipinski definition) is 1. The van der Waals surface area contributed by atoms with Crippen LogP contribution in [-0.4, -0.2) is 32.3 Å². The first kappa shape index (κ1) is 25.7. The van der Waals surface area contributed by atoms with E-state index in [1.807, 2.05) is 55.5 Å². The van der Waals surface area contributed by atoms with Crippen molar-refractivity contribution in [2.45, 2.75) is 44.9 Å². The van der Waals surface area contributed by atoms with Gasteiger partial charge in [0.1, 0.15) is 16.8 Å². The van der Waals surface area contributed by atoms with Gasteiger partial charge in [0.05, 0.1) is 12.2 Å². The van der Waals surface area contributed by atoms with Gasteiger partial charge in [0.15, 0.2) is 10.8 Å². The highest BCUT2D eigenvalue weighted by molar-refractivity contribution is 8.15. The van der Waals surface area contributed by atoms with E-state index in [2.05, 4.69) is 24.3 Å². The van der Waals surface area contributed by atoms with E-state index in [1.165, 1.54) is 34.9 Å². The second kappa shape index (κ2) is 10.8. The molecule has 0 spiro atoms. The van der Waals surface area contributed by atoms with Gasteiger partial charge < -0.3 is 9.84 Å². The first-order valence-corrected chi connectivity index (χ1v) is 13.2. The molecule has 5 rings (SSSR count). The zero-order valence-corrected chi connectivity index (χ0v) is 22.1. The molecule has 4 aromatic rings. The van der Waals surface area contributed by atoms with Gasteiger partial charge in [0.25, 0.3) is 0 Å². The van der Waals surface area contributed by atoms with Crippen molar-refractivity contribution < 1.29 is 18.5 Å². The summed E-state index contributed by atoms with van der Waals surface area (Å²) in [4.78, 5) is 32.7. The number of hydrogen-bond acceptors (Lipinski definition) is 6. The van der Waals surface area contributed by atoms with E-state index in [1.54, 1.807) is 0 Å². The van der Waals surface area contributed by atoms with Gasteiger partial charge >= 0.3 is 0 Å². The first-order chi connectivity index (χ1) is 18.3. The Morgan fingerprint density at radius 2 is 1.95 bits per heavy atom. The fourth-order valence-corrected chi connectivity index (χ4v) is 5.33. The molecule has 2 amide bonds. The summed E-state index contributed by atoms with van der Waals surface area (Å²) in [5.74, 6) is -0.634. The van der Waals surface area contributed by atoms with Crippen LogP contribution in [0.15, 0.2) is 76.2 Å². The average molecular weight is 531 g/mol. The van der Waals surface area contributed by atoms with Crippen molar-refractivity contribution in [3.63, 3.8) is 0 Å². The largest absolute Gasteiger partial charge is 0.356 e. The summed E-state index contributed by atoms with van der Waals surface area (Å²) in [6.07, 6.45) is -0.0207. The molecule has 1 atom stereocenters. The minimum absolute atomic E-state index is 0.0207. The van der Waals surface area contributed by atoms with Gasteiger partial charge in [0.2, 0.25) is 11.8 Å². The Bertz CT molecular complexity index is 1530. The van der Waals surface area contributed by atoms with E-state index >= 15 is 0 Å². The smallest absolute Gasteiger partial charge is 0.243 e. The van der Waals surface area contributed by atoms with Crippen LogP contribution in [0.2, 0.25) is 0 Å². The van der Waals surface area contributed by atoms with Gasteiger partial charge in [-0.2, -0.15) is 0 Å². The fourth-order valence-electron chi connectivity index (χ4n) is 4.18. The van der Waals surface area contributed by atoms with Gasteiger partial charge in [0, 0.05) is 17.5 Å². The summed E-state index contributed by atoms with van der Waals surface area (Å²) in [6.45, 7) is 6.22. The number of fused-ring (bicyclic) bond motifs is 1. The maximum atomic E-state index is 13.9. The molecule has 0 radical (unpaired) electrons. The fraction of sp³-hybridized carbons (Fsp3) is 0.241. The lowest BCUT2D eigenvalue weighted by molar-refractivity contribution is -0.128. The molecule has 1 aromatic heterocycles. The number of amidine groups is 1. The summed E-state index contributed by atoms with van der Waals surface area (Å²) < 4.78 is 19.3. The quantitative estimate of drug-likeness (QED) is 0.292. The van der Waals surface area contributed by atoms with E-state index in [9.17, 15) is 14.0 Å². The Kier molecular flexibility index (Phi) is 7.28. The molecule has 1 aliphatic heterocycles. The molecule has 0 aliphatic carbocycles. The summed E-state index contributed by atoms with van der Waals surface area (Å²) in [7, 11) is 0. The molecule has 9 heteroatoms. The Morgan fingerprint density at radius 1 is 1.16 bits per heavy atom. The van der Waals surface area contributed by atoms with Gasteiger partial charge in [-0.1, -0.05) is 60.6 Å². The number of nitrogens with zero attached hydrogens (tertiary/aromatic N) is 3. The van der Waals surface area contributed by atoms with Crippen molar-refractivity contribution in [3.05, 3.63) is 89.4 Å². The number of nitrogens with one attached hydrogen (secondary N) is 1. The molecule has 0 saturated carbocycles. The number of halogens is 1. The predicted octanol–water partition coefficient (Wildman–Crippen LogP) is 6.56. The molecular formula is C29H27FN4O3S. The molecule has 1 fully saturated rings. The third kappa shape index (κ3) is 5.62. The molecule has 1 aliphatic rings. The summed E-state index contributed by atoms with van der Waals surface area (Å²) in [6, 6.07) is 19.4. The molecule has 7 nitrogen and oxygen atoms in total. The maximum absolute atomic E-state index is 13.9. The second-order valence-electron chi connectivity index (χ2n) is 9.56. The normalized spacial score (nSPS) is 16.7.